The molecule has 0 fully saturated rings. The lowest BCUT2D eigenvalue weighted by molar-refractivity contribution is -0.139. The fourth-order valence-corrected chi connectivity index (χ4v) is 4.43. The summed E-state index contributed by atoms with van der Waals surface area (Å²) in [6.07, 6.45) is 0. The Bertz CT molecular complexity index is 1330. The first-order valence-corrected chi connectivity index (χ1v) is 11.2. The van der Waals surface area contributed by atoms with Gasteiger partial charge in [0.2, 0.25) is 0 Å². The van der Waals surface area contributed by atoms with Crippen LogP contribution in [0.4, 0.5) is 5.69 Å². The summed E-state index contributed by atoms with van der Waals surface area (Å²) in [7, 11) is 4.80. The third-order valence-electron chi connectivity index (χ3n) is 5.49. The molecular formula is C25H22BrN3O7. The van der Waals surface area contributed by atoms with Crippen LogP contribution in [0.1, 0.15) is 21.8 Å². The molecule has 0 spiro atoms. The molecule has 1 aliphatic heterocycles. The second-order valence-electron chi connectivity index (χ2n) is 7.33. The Morgan fingerprint density at radius 3 is 2.11 bits per heavy atom. The highest BCUT2D eigenvalue weighted by Gasteiger charge is 2.44. The number of methoxy groups -OCH3 is 4. The molecule has 0 saturated heterocycles. The number of carbonyl (C=O) groups is 3. The molecule has 186 valence electrons. The Balaban J connectivity index is 2.51. The second kappa shape index (κ2) is 11.0. The fourth-order valence-electron chi connectivity index (χ4n) is 3.98. The van der Waals surface area contributed by atoms with Crippen LogP contribution in [0.3, 0.4) is 0 Å². The summed E-state index contributed by atoms with van der Waals surface area (Å²) in [5, 5.41) is 10.2. The maximum atomic E-state index is 13.2. The minimum absolute atomic E-state index is 0.00435. The van der Waals surface area contributed by atoms with Crippen LogP contribution in [0, 0.1) is 11.3 Å². The molecule has 0 bridgehead atoms. The van der Waals surface area contributed by atoms with Crippen molar-refractivity contribution in [2.75, 3.05) is 33.3 Å². The molecule has 1 atom stereocenters. The first kappa shape index (κ1) is 26.3. The van der Waals surface area contributed by atoms with Crippen molar-refractivity contribution in [1.82, 2.24) is 0 Å². The molecule has 1 aliphatic rings. The number of nitrogens with zero attached hydrogens (tertiary/aromatic N) is 2. The number of allylic oxidation sites excluding steroid dienone is 1. The van der Waals surface area contributed by atoms with E-state index in [0.717, 1.165) is 19.1 Å². The summed E-state index contributed by atoms with van der Waals surface area (Å²) in [5.41, 5.74) is 6.60. The SMILES string of the molecule is COC(=O)C1=C(C(=O)OC)N(c2cc(Br)cc(C(=O)OC)c2OC)C(N)=C(C#N)C1c1ccccc1. The highest BCUT2D eigenvalue weighted by Crippen LogP contribution is 2.46. The molecule has 2 aromatic rings. The minimum Gasteiger partial charge on any atom is -0.494 e. The lowest BCUT2D eigenvalue weighted by Gasteiger charge is -2.36. The van der Waals surface area contributed by atoms with Gasteiger partial charge in [-0.05, 0) is 17.7 Å². The second-order valence-corrected chi connectivity index (χ2v) is 8.25. The van der Waals surface area contributed by atoms with Crippen molar-refractivity contribution in [3.63, 3.8) is 0 Å². The monoisotopic (exact) mass is 555 g/mol. The molecule has 11 heteroatoms. The van der Waals surface area contributed by atoms with E-state index in [4.69, 9.17) is 24.7 Å². The highest BCUT2D eigenvalue weighted by atomic mass is 79.9. The number of ether oxygens (including phenoxy) is 4. The van der Waals surface area contributed by atoms with Crippen LogP contribution >= 0.6 is 15.9 Å². The fraction of sp³-hybridized carbons (Fsp3) is 0.200. The van der Waals surface area contributed by atoms with E-state index in [2.05, 4.69) is 22.0 Å². The zero-order valence-electron chi connectivity index (χ0n) is 19.8. The van der Waals surface area contributed by atoms with Crippen LogP contribution in [0.25, 0.3) is 0 Å². The van der Waals surface area contributed by atoms with Gasteiger partial charge in [0.15, 0.2) is 5.75 Å². The Morgan fingerprint density at radius 2 is 1.58 bits per heavy atom. The quantitative estimate of drug-likeness (QED) is 0.417. The minimum atomic E-state index is -1.03. The van der Waals surface area contributed by atoms with Gasteiger partial charge in [0.05, 0.1) is 57.3 Å². The predicted octanol–water partition coefficient (Wildman–Crippen LogP) is 3.14. The van der Waals surface area contributed by atoms with Gasteiger partial charge in [-0.3, -0.25) is 4.90 Å². The number of hydrogen-bond acceptors (Lipinski definition) is 10. The molecule has 0 aliphatic carbocycles. The van der Waals surface area contributed by atoms with Crippen molar-refractivity contribution in [1.29, 1.82) is 5.26 Å². The molecule has 1 unspecified atom stereocenters. The van der Waals surface area contributed by atoms with Crippen LogP contribution in [-0.2, 0) is 23.8 Å². The standard InChI is InChI=1S/C25H22BrN3O7/c1-33-21-15(23(30)34-2)10-14(26)11-17(21)29-20(25(32)36-4)19(24(31)35-3)18(16(12-27)22(29)28)13-8-6-5-7-9-13/h5-11,18H,28H2,1-4H3. The maximum Gasteiger partial charge on any atom is 0.355 e. The molecule has 2 aromatic carbocycles. The topological polar surface area (TPSA) is 141 Å². The predicted molar refractivity (Wildman–Crippen MR) is 132 cm³/mol. The van der Waals surface area contributed by atoms with E-state index in [1.54, 1.807) is 30.3 Å². The highest BCUT2D eigenvalue weighted by molar-refractivity contribution is 9.10. The van der Waals surface area contributed by atoms with E-state index >= 15 is 0 Å². The third-order valence-corrected chi connectivity index (χ3v) is 5.95. The van der Waals surface area contributed by atoms with Crippen LogP contribution < -0.4 is 15.4 Å². The summed E-state index contributed by atoms with van der Waals surface area (Å²) in [4.78, 5) is 40.0. The Labute approximate surface area is 215 Å². The van der Waals surface area contributed by atoms with E-state index in [1.165, 1.54) is 26.4 Å². The van der Waals surface area contributed by atoms with Crippen molar-refractivity contribution in [3.05, 3.63) is 80.7 Å². The Morgan fingerprint density at radius 1 is 0.972 bits per heavy atom. The van der Waals surface area contributed by atoms with Gasteiger partial charge in [-0.1, -0.05) is 46.3 Å². The molecule has 36 heavy (non-hydrogen) atoms. The zero-order chi connectivity index (χ0) is 26.6. The molecule has 2 N–H and O–H groups in total. The maximum absolute atomic E-state index is 13.2. The van der Waals surface area contributed by atoms with Crippen molar-refractivity contribution < 1.29 is 33.3 Å². The Kier molecular flexibility index (Phi) is 8.01. The molecule has 10 nitrogen and oxygen atoms in total. The first-order chi connectivity index (χ1) is 17.2. The van der Waals surface area contributed by atoms with Gasteiger partial charge in [-0.15, -0.1) is 0 Å². The molecular weight excluding hydrogens is 534 g/mol. The molecule has 3 rings (SSSR count). The smallest absolute Gasteiger partial charge is 0.355 e. The molecule has 0 aromatic heterocycles. The average molecular weight is 556 g/mol. The molecule has 0 radical (unpaired) electrons. The van der Waals surface area contributed by atoms with Gasteiger partial charge >= 0.3 is 17.9 Å². The van der Waals surface area contributed by atoms with Crippen molar-refractivity contribution >= 4 is 39.5 Å². The van der Waals surface area contributed by atoms with Gasteiger partial charge in [0, 0.05) is 4.47 Å². The van der Waals surface area contributed by atoms with Crippen LogP contribution in [0.5, 0.6) is 5.75 Å². The van der Waals surface area contributed by atoms with Gasteiger partial charge in [0.25, 0.3) is 0 Å². The van der Waals surface area contributed by atoms with E-state index in [0.29, 0.717) is 10.0 Å². The number of nitrogens with two attached hydrogens (primary N) is 1. The molecule has 0 amide bonds. The van der Waals surface area contributed by atoms with E-state index in [-0.39, 0.29) is 39.7 Å². The lowest BCUT2D eigenvalue weighted by Crippen LogP contribution is -2.41. The van der Waals surface area contributed by atoms with Crippen LogP contribution in [0.15, 0.2) is 69.6 Å². The average Bonchev–Trinajstić information content (AvgIpc) is 2.90. The summed E-state index contributed by atoms with van der Waals surface area (Å²) in [6, 6.07) is 13.6. The van der Waals surface area contributed by atoms with Gasteiger partial charge in [0.1, 0.15) is 17.1 Å². The number of hydrogen-bond donors (Lipinski definition) is 1. The van der Waals surface area contributed by atoms with Gasteiger partial charge in [-0.2, -0.15) is 5.26 Å². The third kappa shape index (κ3) is 4.50. The number of rotatable bonds is 6. The number of anilines is 1. The number of carbonyl (C=O) groups excluding carboxylic acids is 3. The van der Waals surface area contributed by atoms with Gasteiger partial charge < -0.3 is 24.7 Å². The van der Waals surface area contributed by atoms with Gasteiger partial charge in [-0.25, -0.2) is 14.4 Å². The van der Waals surface area contributed by atoms with Crippen molar-refractivity contribution in [3.8, 4) is 11.8 Å². The van der Waals surface area contributed by atoms with Crippen LogP contribution in [-0.4, -0.2) is 46.3 Å². The van der Waals surface area contributed by atoms with E-state index < -0.39 is 23.8 Å². The zero-order valence-corrected chi connectivity index (χ0v) is 21.4. The summed E-state index contributed by atoms with van der Waals surface area (Å²) < 4.78 is 20.8. The number of esters is 3. The summed E-state index contributed by atoms with van der Waals surface area (Å²) in [6.45, 7) is 0. The largest absolute Gasteiger partial charge is 0.494 e. The number of halogens is 1. The number of nitriles is 1. The lowest BCUT2D eigenvalue weighted by atomic mass is 9.81. The summed E-state index contributed by atoms with van der Waals surface area (Å²) >= 11 is 3.34. The summed E-state index contributed by atoms with van der Waals surface area (Å²) in [5.74, 6) is -3.77. The molecule has 0 saturated carbocycles. The Hall–Kier alpha value is -4.30. The van der Waals surface area contributed by atoms with E-state index in [1.807, 2.05) is 0 Å². The van der Waals surface area contributed by atoms with E-state index in [9.17, 15) is 19.6 Å². The number of benzene rings is 2. The first-order valence-electron chi connectivity index (χ1n) is 10.4. The normalized spacial score (nSPS) is 15.2. The van der Waals surface area contributed by atoms with Crippen molar-refractivity contribution in [2.45, 2.75) is 5.92 Å². The molecule has 1 heterocycles. The van der Waals surface area contributed by atoms with Crippen LogP contribution in [0.2, 0.25) is 0 Å². The van der Waals surface area contributed by atoms with Crippen molar-refractivity contribution in [2.24, 2.45) is 5.73 Å².